The maximum atomic E-state index is 12.4. The summed E-state index contributed by atoms with van der Waals surface area (Å²) in [6, 6.07) is 7.44. The van der Waals surface area contributed by atoms with E-state index in [0.29, 0.717) is 11.8 Å². The van der Waals surface area contributed by atoms with Crippen molar-refractivity contribution in [2.75, 3.05) is 5.32 Å². The van der Waals surface area contributed by atoms with Crippen LogP contribution in [-0.4, -0.2) is 30.6 Å². The summed E-state index contributed by atoms with van der Waals surface area (Å²) in [5.41, 5.74) is 5.14. The summed E-state index contributed by atoms with van der Waals surface area (Å²) in [6.07, 6.45) is 0.220. The predicted octanol–water partition coefficient (Wildman–Crippen LogP) is 2.78. The molecule has 0 aliphatic heterocycles. The van der Waals surface area contributed by atoms with Crippen LogP contribution >= 0.6 is 0 Å². The largest absolute Gasteiger partial charge is 0.310 e. The number of hydrogen-bond acceptors (Lipinski definition) is 5. The third-order valence-corrected chi connectivity index (χ3v) is 4.09. The van der Waals surface area contributed by atoms with Crippen LogP contribution in [0, 0.1) is 34.6 Å². The highest BCUT2D eigenvalue weighted by molar-refractivity contribution is 5.91. The Balaban J connectivity index is 1.85. The molecule has 1 amide bonds. The van der Waals surface area contributed by atoms with Crippen molar-refractivity contribution in [1.29, 1.82) is 0 Å². The Morgan fingerprint density at radius 3 is 2.35 bits per heavy atom. The molecular weight excluding hydrogens is 328 g/mol. The van der Waals surface area contributed by atoms with Crippen LogP contribution in [0.25, 0.3) is 5.95 Å². The fraction of sp³-hybridized carbons (Fsp3) is 0.316. The minimum Gasteiger partial charge on any atom is -0.310 e. The van der Waals surface area contributed by atoms with Crippen molar-refractivity contribution >= 4 is 11.7 Å². The van der Waals surface area contributed by atoms with Crippen LogP contribution in [-0.2, 0) is 11.2 Å². The van der Waals surface area contributed by atoms with Gasteiger partial charge in [0.2, 0.25) is 5.91 Å². The van der Waals surface area contributed by atoms with Gasteiger partial charge in [0.1, 0.15) is 5.82 Å². The fourth-order valence-corrected chi connectivity index (χ4v) is 2.89. The van der Waals surface area contributed by atoms with Gasteiger partial charge in [-0.1, -0.05) is 6.07 Å². The molecule has 0 bridgehead atoms. The highest BCUT2D eigenvalue weighted by Gasteiger charge is 2.18. The number of hydrogen-bond donors (Lipinski definition) is 1. The van der Waals surface area contributed by atoms with Gasteiger partial charge in [-0.05, 0) is 52.8 Å². The molecule has 0 aliphatic carbocycles. The molecule has 7 nitrogen and oxygen atoms in total. The van der Waals surface area contributed by atoms with Crippen molar-refractivity contribution in [2.24, 2.45) is 0 Å². The molecule has 0 aromatic carbocycles. The van der Waals surface area contributed by atoms with Crippen LogP contribution in [0.1, 0.15) is 34.0 Å². The number of carbonyl (C=O) groups excluding carboxylic acids is 1. The molecule has 0 saturated carbocycles. The number of nitrogens with zero attached hydrogens (tertiary/aromatic N) is 5. The van der Waals surface area contributed by atoms with E-state index in [-0.39, 0.29) is 12.3 Å². The number of rotatable bonds is 4. The Morgan fingerprint density at radius 1 is 1.00 bits per heavy atom. The van der Waals surface area contributed by atoms with Gasteiger partial charge in [0, 0.05) is 28.3 Å². The molecule has 3 aromatic rings. The van der Waals surface area contributed by atoms with Crippen molar-refractivity contribution in [3.05, 3.63) is 58.3 Å². The maximum absolute atomic E-state index is 12.4. The lowest BCUT2D eigenvalue weighted by molar-refractivity contribution is -0.115. The minimum atomic E-state index is -0.129. The molecule has 0 fully saturated rings. The second kappa shape index (κ2) is 7.03. The average Bonchev–Trinajstić information content (AvgIpc) is 2.82. The van der Waals surface area contributed by atoms with Crippen molar-refractivity contribution in [2.45, 2.75) is 41.0 Å². The molecule has 0 atom stereocenters. The monoisotopic (exact) mass is 350 g/mol. The minimum absolute atomic E-state index is 0.129. The van der Waals surface area contributed by atoms with Gasteiger partial charge in [0.05, 0.1) is 12.1 Å². The van der Waals surface area contributed by atoms with E-state index in [2.05, 4.69) is 25.4 Å². The third-order valence-electron chi connectivity index (χ3n) is 4.09. The van der Waals surface area contributed by atoms with E-state index in [4.69, 9.17) is 0 Å². The number of aryl methyl sites for hydroxylation is 4. The molecule has 134 valence electrons. The van der Waals surface area contributed by atoms with Gasteiger partial charge in [-0.25, -0.2) is 19.6 Å². The van der Waals surface area contributed by atoms with Crippen molar-refractivity contribution in [1.82, 2.24) is 24.7 Å². The summed E-state index contributed by atoms with van der Waals surface area (Å²) in [6.45, 7) is 9.55. The zero-order chi connectivity index (χ0) is 18.8. The second-order valence-electron chi connectivity index (χ2n) is 6.40. The Labute approximate surface area is 152 Å². The molecule has 0 saturated heterocycles. The number of amides is 1. The molecule has 0 unspecified atom stereocenters. The standard InChI is InChI=1S/C19H22N6O/c1-11-7-6-8-17(20-11)23-18(26)10-16-14(4)24-25(15(16)5)19-21-12(2)9-13(3)22-19/h6-9H,10H2,1-5H3,(H,20,23,26). The summed E-state index contributed by atoms with van der Waals surface area (Å²) in [5.74, 6) is 0.945. The Morgan fingerprint density at radius 2 is 1.69 bits per heavy atom. The number of aromatic nitrogens is 5. The number of anilines is 1. The van der Waals surface area contributed by atoms with Gasteiger partial charge >= 0.3 is 0 Å². The van der Waals surface area contributed by atoms with Gasteiger partial charge < -0.3 is 5.32 Å². The predicted molar refractivity (Wildman–Crippen MR) is 99.4 cm³/mol. The van der Waals surface area contributed by atoms with E-state index in [0.717, 1.165) is 34.0 Å². The Bertz CT molecular complexity index is 956. The summed E-state index contributed by atoms with van der Waals surface area (Å²) in [5, 5.41) is 7.37. The summed E-state index contributed by atoms with van der Waals surface area (Å²) in [4.78, 5) is 25.6. The van der Waals surface area contributed by atoms with Crippen molar-refractivity contribution in [3.63, 3.8) is 0 Å². The first-order valence-corrected chi connectivity index (χ1v) is 8.45. The molecule has 3 aromatic heterocycles. The van der Waals surface area contributed by atoms with Crippen LogP contribution in [0.3, 0.4) is 0 Å². The lowest BCUT2D eigenvalue weighted by Crippen LogP contribution is -2.16. The molecule has 1 N–H and O–H groups in total. The van der Waals surface area contributed by atoms with Gasteiger partial charge in [0.25, 0.3) is 5.95 Å². The average molecular weight is 350 g/mol. The maximum Gasteiger partial charge on any atom is 0.251 e. The van der Waals surface area contributed by atoms with Gasteiger partial charge in [0.15, 0.2) is 0 Å². The molecule has 3 heterocycles. The summed E-state index contributed by atoms with van der Waals surface area (Å²) < 4.78 is 1.70. The van der Waals surface area contributed by atoms with E-state index in [1.54, 1.807) is 10.7 Å². The van der Waals surface area contributed by atoms with Crippen LogP contribution in [0.5, 0.6) is 0 Å². The van der Waals surface area contributed by atoms with E-state index >= 15 is 0 Å². The van der Waals surface area contributed by atoms with E-state index in [9.17, 15) is 4.79 Å². The smallest absolute Gasteiger partial charge is 0.251 e. The van der Waals surface area contributed by atoms with Gasteiger partial charge in [-0.15, -0.1) is 0 Å². The molecule has 26 heavy (non-hydrogen) atoms. The van der Waals surface area contributed by atoms with Crippen LogP contribution in [0.2, 0.25) is 0 Å². The van der Waals surface area contributed by atoms with E-state index in [1.165, 1.54) is 0 Å². The van der Waals surface area contributed by atoms with Crippen LogP contribution < -0.4 is 5.32 Å². The zero-order valence-corrected chi connectivity index (χ0v) is 15.7. The first kappa shape index (κ1) is 17.7. The van der Waals surface area contributed by atoms with Crippen LogP contribution in [0.15, 0.2) is 24.3 Å². The molecule has 0 spiro atoms. The fourth-order valence-electron chi connectivity index (χ4n) is 2.89. The Hall–Kier alpha value is -3.09. The van der Waals surface area contributed by atoms with Gasteiger partial charge in [-0.3, -0.25) is 4.79 Å². The summed E-state index contributed by atoms with van der Waals surface area (Å²) in [7, 11) is 0. The van der Waals surface area contributed by atoms with Crippen molar-refractivity contribution in [3.8, 4) is 5.95 Å². The number of pyridine rings is 1. The van der Waals surface area contributed by atoms with Crippen LogP contribution in [0.4, 0.5) is 5.82 Å². The molecular formula is C19H22N6O. The van der Waals surface area contributed by atoms with Gasteiger partial charge in [-0.2, -0.15) is 5.10 Å². The number of nitrogens with one attached hydrogen (secondary N) is 1. The highest BCUT2D eigenvalue weighted by atomic mass is 16.1. The molecule has 0 radical (unpaired) electrons. The first-order chi connectivity index (χ1) is 12.3. The lowest BCUT2D eigenvalue weighted by Gasteiger charge is -2.07. The SMILES string of the molecule is Cc1cccc(NC(=O)Cc2c(C)nn(-c3nc(C)cc(C)n3)c2C)n1. The highest BCUT2D eigenvalue weighted by Crippen LogP contribution is 2.18. The molecule has 3 rings (SSSR count). The lowest BCUT2D eigenvalue weighted by atomic mass is 10.1. The number of carbonyl (C=O) groups is 1. The molecule has 0 aliphatic rings. The van der Waals surface area contributed by atoms with E-state index in [1.807, 2.05) is 52.8 Å². The topological polar surface area (TPSA) is 85.6 Å². The normalized spacial score (nSPS) is 10.8. The third kappa shape index (κ3) is 3.77. The Kier molecular flexibility index (Phi) is 4.79. The second-order valence-corrected chi connectivity index (χ2v) is 6.40. The first-order valence-electron chi connectivity index (χ1n) is 8.45. The van der Waals surface area contributed by atoms with Crippen molar-refractivity contribution < 1.29 is 4.79 Å². The molecule has 7 heteroatoms. The quantitative estimate of drug-likeness (QED) is 0.782. The zero-order valence-electron chi connectivity index (χ0n) is 15.7. The summed E-state index contributed by atoms with van der Waals surface area (Å²) >= 11 is 0. The van der Waals surface area contributed by atoms with E-state index < -0.39 is 0 Å².